The molecule has 0 radical (unpaired) electrons. The summed E-state index contributed by atoms with van der Waals surface area (Å²) in [7, 11) is -3.73. The van der Waals surface area contributed by atoms with Crippen molar-refractivity contribution in [1.29, 1.82) is 0 Å². The zero-order valence-corrected chi connectivity index (χ0v) is 10.2. The molecule has 0 fully saturated rings. The van der Waals surface area contributed by atoms with E-state index in [0.717, 1.165) is 19.3 Å². The smallest absolute Gasteiger partial charge is 0.241 e. The van der Waals surface area contributed by atoms with Gasteiger partial charge in [0.25, 0.3) is 0 Å². The Morgan fingerprint density at radius 3 is 2.94 bits per heavy atom. The molecule has 1 aliphatic rings. The van der Waals surface area contributed by atoms with Crippen molar-refractivity contribution in [2.75, 3.05) is 5.32 Å². The summed E-state index contributed by atoms with van der Waals surface area (Å²) in [5.41, 5.74) is 0. The molecule has 1 atom stereocenters. The van der Waals surface area contributed by atoms with Crippen LogP contribution in [0.15, 0.2) is 35.4 Å². The largest absolute Gasteiger partial charge is 0.363 e. The van der Waals surface area contributed by atoms with Crippen LogP contribution >= 0.6 is 0 Å². The standard InChI is InChI=1S/C11H15N3O2S/c12-17(15,16)10-7-4-8-13-11(10)14-9-5-2-1-3-6-9/h2,4-5,7-9H,1,3,6H2,(H,13,14)(H2,12,15,16)/t9-/m1/s1. The zero-order chi connectivity index (χ0) is 12.3. The fourth-order valence-electron chi connectivity index (χ4n) is 1.84. The van der Waals surface area contributed by atoms with Crippen molar-refractivity contribution in [2.45, 2.75) is 30.2 Å². The van der Waals surface area contributed by atoms with Gasteiger partial charge in [0, 0.05) is 12.2 Å². The molecule has 0 amide bonds. The van der Waals surface area contributed by atoms with Gasteiger partial charge in [-0.2, -0.15) is 0 Å². The molecule has 0 saturated carbocycles. The van der Waals surface area contributed by atoms with Crippen LogP contribution in [-0.2, 0) is 10.0 Å². The number of pyridine rings is 1. The molecular weight excluding hydrogens is 238 g/mol. The van der Waals surface area contributed by atoms with E-state index in [1.165, 1.54) is 6.07 Å². The summed E-state index contributed by atoms with van der Waals surface area (Å²) in [6.45, 7) is 0. The Hall–Kier alpha value is -1.40. The van der Waals surface area contributed by atoms with Gasteiger partial charge < -0.3 is 5.32 Å². The first-order chi connectivity index (χ1) is 8.07. The molecule has 1 heterocycles. The highest BCUT2D eigenvalue weighted by atomic mass is 32.2. The summed E-state index contributed by atoms with van der Waals surface area (Å²) in [5, 5.41) is 8.24. The summed E-state index contributed by atoms with van der Waals surface area (Å²) in [6.07, 6.45) is 8.79. The molecule has 2 rings (SSSR count). The highest BCUT2D eigenvalue weighted by molar-refractivity contribution is 7.89. The van der Waals surface area contributed by atoms with Crippen LogP contribution in [0.1, 0.15) is 19.3 Å². The van der Waals surface area contributed by atoms with Gasteiger partial charge in [-0.15, -0.1) is 0 Å². The van der Waals surface area contributed by atoms with Gasteiger partial charge in [0.1, 0.15) is 10.7 Å². The minimum absolute atomic E-state index is 0.0407. The molecule has 92 valence electrons. The number of hydrogen-bond donors (Lipinski definition) is 2. The molecule has 3 N–H and O–H groups in total. The molecule has 17 heavy (non-hydrogen) atoms. The third-order valence-corrected chi connectivity index (χ3v) is 3.60. The maximum Gasteiger partial charge on any atom is 0.241 e. The van der Waals surface area contributed by atoms with E-state index in [2.05, 4.69) is 16.4 Å². The Morgan fingerprint density at radius 1 is 1.47 bits per heavy atom. The van der Waals surface area contributed by atoms with Crippen molar-refractivity contribution in [3.8, 4) is 0 Å². The molecule has 5 nitrogen and oxygen atoms in total. The summed E-state index contributed by atoms with van der Waals surface area (Å²) in [6, 6.07) is 3.14. The van der Waals surface area contributed by atoms with E-state index in [1.54, 1.807) is 12.3 Å². The molecule has 1 aliphatic carbocycles. The van der Waals surface area contributed by atoms with Gasteiger partial charge in [0.2, 0.25) is 10.0 Å². The van der Waals surface area contributed by atoms with Gasteiger partial charge >= 0.3 is 0 Å². The zero-order valence-electron chi connectivity index (χ0n) is 9.33. The average Bonchev–Trinajstić information content (AvgIpc) is 2.30. The van der Waals surface area contributed by atoms with Crippen LogP contribution in [0.4, 0.5) is 5.82 Å². The van der Waals surface area contributed by atoms with Crippen molar-refractivity contribution in [1.82, 2.24) is 4.98 Å². The first-order valence-electron chi connectivity index (χ1n) is 5.48. The highest BCUT2D eigenvalue weighted by Gasteiger charge is 2.17. The minimum atomic E-state index is -3.73. The molecule has 0 bridgehead atoms. The van der Waals surface area contributed by atoms with Crippen LogP contribution in [0.2, 0.25) is 0 Å². The maximum atomic E-state index is 11.4. The van der Waals surface area contributed by atoms with E-state index in [4.69, 9.17) is 5.14 Å². The van der Waals surface area contributed by atoms with Crippen LogP contribution in [0.25, 0.3) is 0 Å². The lowest BCUT2D eigenvalue weighted by Crippen LogP contribution is -2.22. The van der Waals surface area contributed by atoms with Crippen molar-refractivity contribution in [2.24, 2.45) is 5.14 Å². The predicted octanol–water partition coefficient (Wildman–Crippen LogP) is 1.25. The first kappa shape index (κ1) is 12.1. The van der Waals surface area contributed by atoms with E-state index < -0.39 is 10.0 Å². The molecule has 6 heteroatoms. The maximum absolute atomic E-state index is 11.4. The third kappa shape index (κ3) is 3.04. The van der Waals surface area contributed by atoms with Gasteiger partial charge in [-0.1, -0.05) is 12.2 Å². The van der Waals surface area contributed by atoms with Gasteiger partial charge in [0.15, 0.2) is 0 Å². The van der Waals surface area contributed by atoms with E-state index in [1.807, 2.05) is 6.08 Å². The van der Waals surface area contributed by atoms with Gasteiger partial charge in [0.05, 0.1) is 0 Å². The number of aromatic nitrogens is 1. The van der Waals surface area contributed by atoms with Crippen molar-refractivity contribution < 1.29 is 8.42 Å². The van der Waals surface area contributed by atoms with E-state index in [0.29, 0.717) is 5.82 Å². The number of nitrogens with one attached hydrogen (secondary N) is 1. The van der Waals surface area contributed by atoms with Crippen molar-refractivity contribution >= 4 is 15.8 Å². The molecular formula is C11H15N3O2S. The summed E-state index contributed by atoms with van der Waals surface area (Å²) >= 11 is 0. The second-order valence-corrected chi connectivity index (χ2v) is 5.53. The lowest BCUT2D eigenvalue weighted by atomic mass is 10.0. The normalized spacial score (nSPS) is 20.2. The molecule has 0 spiro atoms. The van der Waals surface area contributed by atoms with E-state index in [9.17, 15) is 8.42 Å². The number of allylic oxidation sites excluding steroid dienone is 1. The van der Waals surface area contributed by atoms with Gasteiger partial charge in [-0.25, -0.2) is 18.5 Å². The van der Waals surface area contributed by atoms with Crippen LogP contribution in [0.3, 0.4) is 0 Å². The van der Waals surface area contributed by atoms with Crippen LogP contribution in [0, 0.1) is 0 Å². The predicted molar refractivity (Wildman–Crippen MR) is 66.0 cm³/mol. The number of nitrogens with two attached hydrogens (primary N) is 1. The van der Waals surface area contributed by atoms with E-state index in [-0.39, 0.29) is 10.9 Å². The Morgan fingerprint density at radius 2 is 2.29 bits per heavy atom. The fraction of sp³-hybridized carbons (Fsp3) is 0.364. The highest BCUT2D eigenvalue weighted by Crippen LogP contribution is 2.20. The molecule has 0 unspecified atom stereocenters. The number of primary sulfonamides is 1. The van der Waals surface area contributed by atoms with E-state index >= 15 is 0 Å². The quantitative estimate of drug-likeness (QED) is 0.794. The van der Waals surface area contributed by atoms with Crippen LogP contribution < -0.4 is 10.5 Å². The molecule has 0 aliphatic heterocycles. The summed E-state index contributed by atoms with van der Waals surface area (Å²) in [5.74, 6) is 0.326. The summed E-state index contributed by atoms with van der Waals surface area (Å²) in [4.78, 5) is 4.08. The topological polar surface area (TPSA) is 85.1 Å². The average molecular weight is 253 g/mol. The molecule has 1 aromatic heterocycles. The van der Waals surface area contributed by atoms with Gasteiger partial charge in [-0.05, 0) is 31.4 Å². The second kappa shape index (κ2) is 4.85. The Balaban J connectivity index is 2.26. The Kier molecular flexibility index (Phi) is 3.44. The monoisotopic (exact) mass is 253 g/mol. The number of nitrogens with zero attached hydrogens (tertiary/aromatic N) is 1. The Labute approximate surface area is 101 Å². The lowest BCUT2D eigenvalue weighted by molar-refractivity contribution is 0.597. The number of anilines is 1. The molecule has 0 saturated heterocycles. The second-order valence-electron chi connectivity index (χ2n) is 4.01. The van der Waals surface area contributed by atoms with Crippen molar-refractivity contribution in [3.63, 3.8) is 0 Å². The lowest BCUT2D eigenvalue weighted by Gasteiger charge is -2.19. The van der Waals surface area contributed by atoms with Crippen LogP contribution in [0.5, 0.6) is 0 Å². The number of sulfonamides is 1. The van der Waals surface area contributed by atoms with Gasteiger partial charge in [-0.3, -0.25) is 0 Å². The Bertz CT molecular complexity index is 525. The van der Waals surface area contributed by atoms with Crippen LogP contribution in [-0.4, -0.2) is 19.4 Å². The minimum Gasteiger partial charge on any atom is -0.363 e. The van der Waals surface area contributed by atoms with Crippen molar-refractivity contribution in [3.05, 3.63) is 30.5 Å². The number of hydrogen-bond acceptors (Lipinski definition) is 4. The SMILES string of the molecule is NS(=O)(=O)c1cccnc1N[C@@H]1C=CCCC1. The molecule has 1 aromatic rings. The fourth-order valence-corrected chi connectivity index (χ4v) is 2.49. The molecule has 0 aromatic carbocycles. The number of rotatable bonds is 3. The third-order valence-electron chi connectivity index (χ3n) is 2.65. The summed E-state index contributed by atoms with van der Waals surface area (Å²) < 4.78 is 22.8. The first-order valence-corrected chi connectivity index (χ1v) is 7.03.